The summed E-state index contributed by atoms with van der Waals surface area (Å²) in [5.41, 5.74) is 1.04. The third-order valence-electron chi connectivity index (χ3n) is 6.23. The number of rotatable bonds is 3. The number of nitrogens with one attached hydrogen (secondary N) is 1. The second-order valence-electron chi connectivity index (χ2n) is 7.96. The van der Waals surface area contributed by atoms with Crippen LogP contribution in [0.15, 0.2) is 30.3 Å². The Hall–Kier alpha value is -1.59. The number of nitrogens with zero attached hydrogens (tertiary/aromatic N) is 2. The molecule has 2 amide bonds. The zero-order valence-corrected chi connectivity index (χ0v) is 16.6. The Bertz CT molecular complexity index is 640. The van der Waals surface area contributed by atoms with E-state index >= 15 is 0 Å². The van der Waals surface area contributed by atoms with E-state index in [0.717, 1.165) is 57.3 Å². The van der Waals surface area contributed by atoms with Gasteiger partial charge in [0.25, 0.3) is 0 Å². The fourth-order valence-electron chi connectivity index (χ4n) is 4.84. The van der Waals surface area contributed by atoms with Crippen LogP contribution in [0, 0.1) is 5.92 Å². The van der Waals surface area contributed by atoms with E-state index < -0.39 is 0 Å². The minimum absolute atomic E-state index is 0. The van der Waals surface area contributed by atoms with Crippen molar-refractivity contribution in [3.8, 4) is 0 Å². The number of halogens is 1. The van der Waals surface area contributed by atoms with Crippen LogP contribution >= 0.6 is 12.4 Å². The van der Waals surface area contributed by atoms with E-state index in [9.17, 15) is 9.59 Å². The summed E-state index contributed by atoms with van der Waals surface area (Å²) in [7, 11) is 0. The van der Waals surface area contributed by atoms with E-state index in [0.29, 0.717) is 31.0 Å². The number of likely N-dealkylation sites (tertiary alicyclic amines) is 1. The van der Waals surface area contributed by atoms with Crippen molar-refractivity contribution in [2.45, 2.75) is 50.6 Å². The summed E-state index contributed by atoms with van der Waals surface area (Å²) in [6.07, 6.45) is 5.59. The highest BCUT2D eigenvalue weighted by Gasteiger charge is 2.41. The molecule has 3 aliphatic heterocycles. The number of carbonyl (C=O) groups is 2. The van der Waals surface area contributed by atoms with Gasteiger partial charge in [-0.05, 0) is 44.2 Å². The first-order valence-corrected chi connectivity index (χ1v) is 10.1. The van der Waals surface area contributed by atoms with Crippen molar-refractivity contribution in [3.05, 3.63) is 35.9 Å². The first-order chi connectivity index (χ1) is 12.7. The normalized spacial score (nSPS) is 27.6. The van der Waals surface area contributed by atoms with Crippen LogP contribution in [0.3, 0.4) is 0 Å². The second-order valence-corrected chi connectivity index (χ2v) is 7.96. The first-order valence-electron chi connectivity index (χ1n) is 10.1. The molecule has 3 fully saturated rings. The summed E-state index contributed by atoms with van der Waals surface area (Å²) in [6.45, 7) is 3.31. The van der Waals surface area contributed by atoms with Crippen LogP contribution in [-0.4, -0.2) is 59.9 Å². The van der Waals surface area contributed by atoms with Crippen molar-refractivity contribution >= 4 is 24.2 Å². The number of fused-ring (bicyclic) bond motifs is 2. The summed E-state index contributed by atoms with van der Waals surface area (Å²) in [6, 6.07) is 10.6. The average Bonchev–Trinajstić information content (AvgIpc) is 2.94. The van der Waals surface area contributed by atoms with Gasteiger partial charge in [-0.1, -0.05) is 30.3 Å². The predicted octanol–water partition coefficient (Wildman–Crippen LogP) is 2.24. The molecule has 0 aliphatic carbocycles. The topological polar surface area (TPSA) is 52.7 Å². The summed E-state index contributed by atoms with van der Waals surface area (Å²) < 4.78 is 0. The van der Waals surface area contributed by atoms with Gasteiger partial charge in [0.1, 0.15) is 0 Å². The van der Waals surface area contributed by atoms with Crippen LogP contribution < -0.4 is 5.32 Å². The van der Waals surface area contributed by atoms with Crippen LogP contribution in [0.25, 0.3) is 0 Å². The maximum atomic E-state index is 13.3. The minimum atomic E-state index is -0.0235. The van der Waals surface area contributed by atoms with Gasteiger partial charge >= 0.3 is 0 Å². The molecule has 3 heterocycles. The van der Waals surface area contributed by atoms with Crippen LogP contribution in [0.5, 0.6) is 0 Å². The van der Waals surface area contributed by atoms with Gasteiger partial charge in [0.05, 0.1) is 12.3 Å². The Kier molecular flexibility index (Phi) is 6.77. The van der Waals surface area contributed by atoms with Crippen molar-refractivity contribution in [3.63, 3.8) is 0 Å². The molecule has 2 bridgehead atoms. The molecule has 3 unspecified atom stereocenters. The quantitative estimate of drug-likeness (QED) is 0.859. The molecule has 148 valence electrons. The van der Waals surface area contributed by atoms with E-state index in [-0.39, 0.29) is 24.2 Å². The molecule has 0 saturated carbocycles. The third kappa shape index (κ3) is 4.46. The second kappa shape index (κ2) is 9.07. The Morgan fingerprint density at radius 3 is 2.63 bits per heavy atom. The average molecular weight is 392 g/mol. The molecule has 0 radical (unpaired) electrons. The molecule has 6 heteroatoms. The summed E-state index contributed by atoms with van der Waals surface area (Å²) in [5.74, 6) is 0.414. The van der Waals surface area contributed by atoms with Crippen molar-refractivity contribution in [1.82, 2.24) is 15.1 Å². The van der Waals surface area contributed by atoms with Gasteiger partial charge in [0, 0.05) is 31.7 Å². The summed E-state index contributed by atoms with van der Waals surface area (Å²) >= 11 is 0. The molecule has 1 aromatic carbocycles. The molecule has 0 aromatic heterocycles. The first kappa shape index (κ1) is 20.2. The van der Waals surface area contributed by atoms with E-state index in [2.05, 4.69) is 10.2 Å². The fourth-order valence-corrected chi connectivity index (χ4v) is 4.84. The number of amides is 2. The molecule has 0 spiro atoms. The van der Waals surface area contributed by atoms with Crippen LogP contribution in [0.1, 0.15) is 37.7 Å². The van der Waals surface area contributed by atoms with Crippen LogP contribution in [0.4, 0.5) is 0 Å². The number of hydrogen-bond acceptors (Lipinski definition) is 3. The Balaban J connectivity index is 0.00000210. The van der Waals surface area contributed by atoms with Gasteiger partial charge in [-0.2, -0.15) is 0 Å². The van der Waals surface area contributed by atoms with Gasteiger partial charge in [-0.3, -0.25) is 9.59 Å². The maximum Gasteiger partial charge on any atom is 0.228 e. The highest BCUT2D eigenvalue weighted by Crippen LogP contribution is 2.31. The lowest BCUT2D eigenvalue weighted by Gasteiger charge is -2.37. The lowest BCUT2D eigenvalue weighted by Crippen LogP contribution is -2.50. The maximum absolute atomic E-state index is 13.3. The molecule has 3 saturated heterocycles. The van der Waals surface area contributed by atoms with Crippen molar-refractivity contribution in [2.24, 2.45) is 5.92 Å². The minimum Gasteiger partial charge on any atom is -0.342 e. The summed E-state index contributed by atoms with van der Waals surface area (Å²) in [4.78, 5) is 30.0. The van der Waals surface area contributed by atoms with E-state index in [1.165, 1.54) is 0 Å². The molecule has 1 N–H and O–H groups in total. The van der Waals surface area contributed by atoms with Crippen LogP contribution in [0.2, 0.25) is 0 Å². The van der Waals surface area contributed by atoms with Crippen molar-refractivity contribution in [2.75, 3.05) is 26.2 Å². The Labute approximate surface area is 167 Å². The lowest BCUT2D eigenvalue weighted by atomic mass is 9.95. The van der Waals surface area contributed by atoms with Gasteiger partial charge in [0.15, 0.2) is 0 Å². The third-order valence-corrected chi connectivity index (χ3v) is 6.23. The zero-order chi connectivity index (χ0) is 17.9. The highest BCUT2D eigenvalue weighted by atomic mass is 35.5. The summed E-state index contributed by atoms with van der Waals surface area (Å²) in [5, 5.41) is 3.46. The van der Waals surface area contributed by atoms with Gasteiger partial charge in [0.2, 0.25) is 11.8 Å². The molecule has 3 aliphatic rings. The highest BCUT2D eigenvalue weighted by molar-refractivity contribution is 5.85. The zero-order valence-electron chi connectivity index (χ0n) is 15.8. The molecule has 1 aromatic rings. The largest absolute Gasteiger partial charge is 0.342 e. The molecule has 5 nitrogen and oxygen atoms in total. The predicted molar refractivity (Wildman–Crippen MR) is 108 cm³/mol. The van der Waals surface area contributed by atoms with E-state index in [1.807, 2.05) is 35.2 Å². The number of benzene rings is 1. The standard InChI is InChI=1S/C21H29N3O2.ClH/c25-20(13-16-5-2-1-3-6-16)23-12-4-7-17(15-23)21(26)24-18-8-9-19(24)14-22-11-10-18;/h1-3,5-6,17-19,22H,4,7-15H2;1H. The molecule has 4 rings (SSSR count). The van der Waals surface area contributed by atoms with Crippen molar-refractivity contribution in [1.29, 1.82) is 0 Å². The van der Waals surface area contributed by atoms with E-state index in [1.54, 1.807) is 0 Å². The SMILES string of the molecule is Cl.O=C(Cc1ccccc1)N1CCCC(C(=O)N2C3CCNCC2CC3)C1. The number of hydrogen-bond donors (Lipinski definition) is 1. The van der Waals surface area contributed by atoms with Gasteiger partial charge in [-0.25, -0.2) is 0 Å². The van der Waals surface area contributed by atoms with Gasteiger partial charge < -0.3 is 15.1 Å². The van der Waals surface area contributed by atoms with Gasteiger partial charge in [-0.15, -0.1) is 12.4 Å². The lowest BCUT2D eigenvalue weighted by molar-refractivity contribution is -0.142. The molecular formula is C21H30ClN3O2. The number of carbonyl (C=O) groups excluding carboxylic acids is 2. The number of piperidine rings is 1. The fraction of sp³-hybridized carbons (Fsp3) is 0.619. The van der Waals surface area contributed by atoms with Crippen molar-refractivity contribution < 1.29 is 9.59 Å². The Morgan fingerprint density at radius 2 is 1.81 bits per heavy atom. The molecular weight excluding hydrogens is 362 g/mol. The molecule has 3 atom stereocenters. The molecule has 27 heavy (non-hydrogen) atoms. The van der Waals surface area contributed by atoms with Crippen LogP contribution in [-0.2, 0) is 16.0 Å². The smallest absolute Gasteiger partial charge is 0.228 e. The monoisotopic (exact) mass is 391 g/mol. The Morgan fingerprint density at radius 1 is 1.04 bits per heavy atom. The van der Waals surface area contributed by atoms with E-state index in [4.69, 9.17) is 0 Å².